The molecule has 0 fully saturated rings. The molecule has 0 atom stereocenters. The second-order valence-corrected chi connectivity index (χ2v) is 4.95. The quantitative estimate of drug-likeness (QED) is 0.779. The van der Waals surface area contributed by atoms with Crippen molar-refractivity contribution < 1.29 is 27.9 Å². The minimum absolute atomic E-state index is 0.0598. The third kappa shape index (κ3) is 2.62. The molecule has 0 amide bonds. The Morgan fingerprint density at radius 2 is 1.67 bits per heavy atom. The Morgan fingerprint density at radius 3 is 2.25 bits per heavy atom. The number of halogens is 3. The number of hydrogen-bond donors (Lipinski definition) is 1. The van der Waals surface area contributed by atoms with Crippen LogP contribution in [0.25, 0.3) is 11.0 Å². The molecular formula is C16H9F3N2O3. The molecule has 1 aromatic heterocycles. The maximum absolute atomic E-state index is 13.3. The summed E-state index contributed by atoms with van der Waals surface area (Å²) in [5, 5.41) is 8.94. The van der Waals surface area contributed by atoms with Crippen LogP contribution in [-0.2, 0) is 6.18 Å². The van der Waals surface area contributed by atoms with E-state index in [1.54, 1.807) is 6.07 Å². The first-order valence-corrected chi connectivity index (χ1v) is 6.72. The molecule has 1 heterocycles. The van der Waals surface area contributed by atoms with Crippen LogP contribution in [0.2, 0.25) is 0 Å². The number of imidazole rings is 1. The number of carbonyl (C=O) groups excluding carboxylic acids is 1. The van der Waals surface area contributed by atoms with Gasteiger partial charge < -0.3 is 5.11 Å². The zero-order chi connectivity index (χ0) is 17.5. The Balaban J connectivity index is 2.28. The van der Waals surface area contributed by atoms with Gasteiger partial charge in [-0.2, -0.15) is 13.2 Å². The fourth-order valence-electron chi connectivity index (χ4n) is 2.32. The molecule has 0 aliphatic carbocycles. The van der Waals surface area contributed by atoms with Crippen molar-refractivity contribution in [3.05, 3.63) is 65.5 Å². The predicted molar refractivity (Wildman–Crippen MR) is 77.9 cm³/mol. The number of nitrogens with zero attached hydrogens (tertiary/aromatic N) is 2. The molecule has 0 radical (unpaired) electrons. The van der Waals surface area contributed by atoms with Gasteiger partial charge in [-0.1, -0.05) is 18.2 Å². The van der Waals surface area contributed by atoms with E-state index >= 15 is 0 Å². The van der Waals surface area contributed by atoms with Crippen molar-refractivity contribution in [1.29, 1.82) is 0 Å². The zero-order valence-corrected chi connectivity index (χ0v) is 11.9. The molecule has 5 nitrogen and oxygen atoms in total. The van der Waals surface area contributed by atoms with Gasteiger partial charge in [0.15, 0.2) is 0 Å². The van der Waals surface area contributed by atoms with Gasteiger partial charge in [-0.25, -0.2) is 9.78 Å². The molecule has 24 heavy (non-hydrogen) atoms. The molecule has 2 aromatic carbocycles. The van der Waals surface area contributed by atoms with Crippen molar-refractivity contribution >= 4 is 22.9 Å². The van der Waals surface area contributed by atoms with Crippen molar-refractivity contribution in [2.75, 3.05) is 0 Å². The van der Waals surface area contributed by atoms with Crippen molar-refractivity contribution in [2.45, 2.75) is 6.18 Å². The molecule has 0 saturated carbocycles. The largest absolute Gasteiger partial charge is 0.478 e. The molecule has 3 rings (SSSR count). The van der Waals surface area contributed by atoms with Crippen LogP contribution in [0.15, 0.2) is 48.5 Å². The van der Waals surface area contributed by atoms with Crippen molar-refractivity contribution in [1.82, 2.24) is 9.55 Å². The van der Waals surface area contributed by atoms with Gasteiger partial charge in [0.25, 0.3) is 5.91 Å². The van der Waals surface area contributed by atoms with Crippen molar-refractivity contribution in [2.24, 2.45) is 0 Å². The van der Waals surface area contributed by atoms with Gasteiger partial charge in [-0.05, 0) is 30.3 Å². The van der Waals surface area contributed by atoms with E-state index in [1.807, 2.05) is 0 Å². The van der Waals surface area contributed by atoms with E-state index in [0.717, 1.165) is 18.2 Å². The molecule has 8 heteroatoms. The third-order valence-electron chi connectivity index (χ3n) is 3.38. The Bertz CT molecular complexity index is 946. The average molecular weight is 334 g/mol. The van der Waals surface area contributed by atoms with Gasteiger partial charge in [0.05, 0.1) is 16.6 Å². The lowest BCUT2D eigenvalue weighted by Crippen LogP contribution is -2.21. The van der Waals surface area contributed by atoms with Crippen LogP contribution in [0.3, 0.4) is 0 Å². The van der Waals surface area contributed by atoms with E-state index < -0.39 is 23.9 Å². The first kappa shape index (κ1) is 15.7. The minimum atomic E-state index is -4.87. The lowest BCUT2D eigenvalue weighted by Gasteiger charge is -2.10. The molecule has 3 aromatic rings. The van der Waals surface area contributed by atoms with Gasteiger partial charge in [0.1, 0.15) is 0 Å². The smallest absolute Gasteiger partial charge is 0.450 e. The summed E-state index contributed by atoms with van der Waals surface area (Å²) in [5.74, 6) is -3.59. The summed E-state index contributed by atoms with van der Waals surface area (Å²) in [6, 6.07) is 10.7. The predicted octanol–water partition coefficient (Wildman–Crippen LogP) is 3.44. The van der Waals surface area contributed by atoms with E-state index in [9.17, 15) is 22.8 Å². The summed E-state index contributed by atoms with van der Waals surface area (Å²) in [7, 11) is 0. The number of alkyl halides is 3. The number of carboxylic acids is 1. The second kappa shape index (κ2) is 5.48. The highest BCUT2D eigenvalue weighted by Crippen LogP contribution is 2.32. The van der Waals surface area contributed by atoms with Crippen LogP contribution in [0, 0.1) is 0 Å². The lowest BCUT2D eigenvalue weighted by atomic mass is 10.2. The fraction of sp³-hybridized carbons (Fsp3) is 0.0625. The van der Waals surface area contributed by atoms with Gasteiger partial charge in [-0.15, -0.1) is 0 Å². The number of hydrogen-bond acceptors (Lipinski definition) is 3. The van der Waals surface area contributed by atoms with Crippen molar-refractivity contribution in [3.8, 4) is 0 Å². The fourth-order valence-corrected chi connectivity index (χ4v) is 2.32. The molecule has 0 aliphatic rings. The molecule has 122 valence electrons. The maximum Gasteiger partial charge on any atom is 0.450 e. The maximum atomic E-state index is 13.3. The number of carboxylic acid groups (broad SMARTS) is 1. The summed E-state index contributed by atoms with van der Waals surface area (Å²) in [4.78, 5) is 26.9. The van der Waals surface area contributed by atoms with Crippen LogP contribution in [0.5, 0.6) is 0 Å². The number of rotatable bonds is 2. The van der Waals surface area contributed by atoms with Gasteiger partial charge in [0.2, 0.25) is 5.82 Å². The first-order valence-electron chi connectivity index (χ1n) is 6.72. The van der Waals surface area contributed by atoms with Crippen LogP contribution < -0.4 is 0 Å². The number of fused-ring (bicyclic) bond motifs is 1. The van der Waals surface area contributed by atoms with Crippen LogP contribution in [-0.4, -0.2) is 26.5 Å². The third-order valence-corrected chi connectivity index (χ3v) is 3.38. The summed E-state index contributed by atoms with van der Waals surface area (Å²) >= 11 is 0. The molecular weight excluding hydrogens is 325 g/mol. The summed E-state index contributed by atoms with van der Waals surface area (Å²) in [6.45, 7) is 0. The van der Waals surface area contributed by atoms with E-state index in [1.165, 1.54) is 24.3 Å². The molecule has 0 unspecified atom stereocenters. The van der Waals surface area contributed by atoms with E-state index in [-0.39, 0.29) is 22.2 Å². The monoisotopic (exact) mass is 334 g/mol. The topological polar surface area (TPSA) is 72.2 Å². The van der Waals surface area contributed by atoms with Gasteiger partial charge in [0, 0.05) is 5.56 Å². The summed E-state index contributed by atoms with van der Waals surface area (Å²) in [5.41, 5.74) is -0.481. The molecule has 0 aliphatic heterocycles. The number of aromatic carboxylic acids is 1. The van der Waals surface area contributed by atoms with Crippen LogP contribution >= 0.6 is 0 Å². The first-order chi connectivity index (χ1) is 11.3. The van der Waals surface area contributed by atoms with E-state index in [0.29, 0.717) is 4.57 Å². The summed E-state index contributed by atoms with van der Waals surface area (Å²) in [6.07, 6.45) is -4.87. The van der Waals surface area contributed by atoms with E-state index in [4.69, 9.17) is 5.11 Å². The highest BCUT2D eigenvalue weighted by atomic mass is 19.4. The Labute approximate surface area is 133 Å². The molecule has 0 saturated heterocycles. The minimum Gasteiger partial charge on any atom is -0.478 e. The standard InChI is InChI=1S/C16H9F3N2O3/c17-16(18,19)15-20-11-8-10(14(23)24)6-7-12(11)21(15)13(22)9-4-2-1-3-5-9/h1-8H,(H,23,24). The van der Waals surface area contributed by atoms with Crippen LogP contribution in [0.1, 0.15) is 26.5 Å². The van der Waals surface area contributed by atoms with Gasteiger partial charge >= 0.3 is 12.1 Å². The zero-order valence-electron chi connectivity index (χ0n) is 11.9. The van der Waals surface area contributed by atoms with Crippen LogP contribution in [0.4, 0.5) is 13.2 Å². The SMILES string of the molecule is O=C(O)c1ccc2c(c1)nc(C(F)(F)F)n2C(=O)c1ccccc1. The van der Waals surface area contributed by atoms with Gasteiger partial charge in [-0.3, -0.25) is 9.36 Å². The number of carbonyl (C=O) groups is 2. The Hall–Kier alpha value is -3.16. The summed E-state index contributed by atoms with van der Waals surface area (Å²) < 4.78 is 40.3. The van der Waals surface area contributed by atoms with E-state index in [2.05, 4.69) is 4.98 Å². The number of aromatic nitrogens is 2. The lowest BCUT2D eigenvalue weighted by molar-refractivity contribution is -0.145. The highest BCUT2D eigenvalue weighted by Gasteiger charge is 2.39. The molecule has 0 spiro atoms. The highest BCUT2D eigenvalue weighted by molar-refractivity contribution is 6.03. The Morgan fingerprint density at radius 1 is 1.00 bits per heavy atom. The second-order valence-electron chi connectivity index (χ2n) is 4.95. The molecule has 1 N–H and O–H groups in total. The Kier molecular flexibility index (Phi) is 3.59. The van der Waals surface area contributed by atoms with Crippen molar-refractivity contribution in [3.63, 3.8) is 0 Å². The average Bonchev–Trinajstić information content (AvgIpc) is 2.93. The normalized spacial score (nSPS) is 11.6. The number of benzene rings is 2. The molecule has 0 bridgehead atoms.